The van der Waals surface area contributed by atoms with Crippen molar-refractivity contribution < 1.29 is 28.5 Å². The standard InChI is InChI=1S/C35H39NO6/c1-38-35(37)25-42-33-10-5-9-28-12-11-27(21-32(28)33)24-41-34-22-36-18-17-31(34)29-13-15-30(16-14-29)40-20-6-19-39-23-26-7-3-2-4-8-26/h2-5,7-16,21,31,34,36H,6,17-20,22-25H2,1H3. The van der Waals surface area contributed by atoms with E-state index in [0.29, 0.717) is 38.1 Å². The van der Waals surface area contributed by atoms with Gasteiger partial charge in [-0.1, -0.05) is 66.7 Å². The maximum Gasteiger partial charge on any atom is 0.343 e. The molecule has 7 nitrogen and oxygen atoms in total. The molecule has 4 aromatic rings. The van der Waals surface area contributed by atoms with Gasteiger partial charge in [0, 0.05) is 24.3 Å². The molecule has 0 radical (unpaired) electrons. The summed E-state index contributed by atoms with van der Waals surface area (Å²) in [6.07, 6.45) is 1.90. The SMILES string of the molecule is COC(=O)COc1cccc2ccc(COC3CNCCC3c3ccc(OCCCOCc4ccccc4)cc3)cc12. The first-order valence-corrected chi connectivity index (χ1v) is 14.6. The van der Waals surface area contributed by atoms with Gasteiger partial charge in [0.25, 0.3) is 0 Å². The molecule has 7 heteroatoms. The molecule has 1 aliphatic rings. The van der Waals surface area contributed by atoms with Crippen LogP contribution in [0.4, 0.5) is 0 Å². The summed E-state index contributed by atoms with van der Waals surface area (Å²) in [4.78, 5) is 11.6. The van der Waals surface area contributed by atoms with Crippen LogP contribution >= 0.6 is 0 Å². The Kier molecular flexibility index (Phi) is 10.8. The average molecular weight is 570 g/mol. The lowest BCUT2D eigenvalue weighted by atomic mass is 9.87. The van der Waals surface area contributed by atoms with Crippen molar-refractivity contribution in [3.05, 3.63) is 108 Å². The summed E-state index contributed by atoms with van der Waals surface area (Å²) in [5.41, 5.74) is 3.50. The van der Waals surface area contributed by atoms with E-state index < -0.39 is 5.97 Å². The van der Waals surface area contributed by atoms with Gasteiger partial charge in [0.2, 0.25) is 0 Å². The van der Waals surface area contributed by atoms with Crippen molar-refractivity contribution in [1.82, 2.24) is 5.32 Å². The second kappa shape index (κ2) is 15.4. The minimum Gasteiger partial charge on any atom is -0.494 e. The van der Waals surface area contributed by atoms with Crippen molar-refractivity contribution in [2.24, 2.45) is 0 Å². The fourth-order valence-corrected chi connectivity index (χ4v) is 5.22. The van der Waals surface area contributed by atoms with Crippen molar-refractivity contribution in [2.45, 2.75) is 38.1 Å². The number of benzene rings is 4. The molecule has 4 aromatic carbocycles. The fraction of sp³-hybridized carbons (Fsp3) is 0.343. The Morgan fingerprint density at radius 1 is 0.857 bits per heavy atom. The van der Waals surface area contributed by atoms with Crippen molar-refractivity contribution >= 4 is 16.7 Å². The van der Waals surface area contributed by atoms with Crippen LogP contribution in [-0.4, -0.2) is 52.1 Å². The highest BCUT2D eigenvalue weighted by atomic mass is 16.6. The van der Waals surface area contributed by atoms with E-state index in [9.17, 15) is 4.79 Å². The largest absolute Gasteiger partial charge is 0.494 e. The van der Waals surface area contributed by atoms with Gasteiger partial charge in [-0.05, 0) is 59.3 Å². The van der Waals surface area contributed by atoms with Crippen molar-refractivity contribution in [3.63, 3.8) is 0 Å². The first kappa shape index (κ1) is 29.6. The summed E-state index contributed by atoms with van der Waals surface area (Å²) in [6, 6.07) is 30.7. The summed E-state index contributed by atoms with van der Waals surface area (Å²) in [6.45, 7) is 4.03. The molecular weight excluding hydrogens is 530 g/mol. The summed E-state index contributed by atoms with van der Waals surface area (Å²) in [5, 5.41) is 5.47. The van der Waals surface area contributed by atoms with Crippen LogP contribution in [0.25, 0.3) is 10.8 Å². The van der Waals surface area contributed by atoms with Crippen molar-refractivity contribution in [3.8, 4) is 11.5 Å². The second-order valence-electron chi connectivity index (χ2n) is 10.4. The zero-order valence-corrected chi connectivity index (χ0v) is 24.1. The molecule has 2 unspecified atom stereocenters. The fourth-order valence-electron chi connectivity index (χ4n) is 5.22. The van der Waals surface area contributed by atoms with Crippen molar-refractivity contribution in [2.75, 3.05) is 40.0 Å². The summed E-state index contributed by atoms with van der Waals surface area (Å²) < 4.78 is 28.6. The minimum absolute atomic E-state index is 0.0498. The Hall–Kier alpha value is -3.91. The summed E-state index contributed by atoms with van der Waals surface area (Å²) >= 11 is 0. The van der Waals surface area contributed by atoms with Crippen molar-refractivity contribution in [1.29, 1.82) is 0 Å². The zero-order chi connectivity index (χ0) is 29.0. The van der Waals surface area contributed by atoms with Crippen LogP contribution in [0.1, 0.15) is 35.4 Å². The van der Waals surface area contributed by atoms with Crippen LogP contribution in [0, 0.1) is 0 Å². The molecule has 42 heavy (non-hydrogen) atoms. The van der Waals surface area contributed by atoms with Crippen LogP contribution in [-0.2, 0) is 32.2 Å². The monoisotopic (exact) mass is 569 g/mol. The van der Waals surface area contributed by atoms with E-state index in [-0.39, 0.29) is 12.7 Å². The van der Waals surface area contributed by atoms with Gasteiger partial charge in [-0.2, -0.15) is 0 Å². The van der Waals surface area contributed by atoms with Crippen LogP contribution in [0.2, 0.25) is 0 Å². The normalized spacial score (nSPS) is 16.7. The molecule has 2 atom stereocenters. The lowest BCUT2D eigenvalue weighted by Gasteiger charge is -2.32. The summed E-state index contributed by atoms with van der Waals surface area (Å²) in [5.74, 6) is 1.41. The Balaban J connectivity index is 1.12. The van der Waals surface area contributed by atoms with Crippen LogP contribution in [0.5, 0.6) is 11.5 Å². The molecule has 0 saturated carbocycles. The van der Waals surface area contributed by atoms with E-state index in [1.165, 1.54) is 18.2 Å². The molecule has 0 bridgehead atoms. The molecule has 1 saturated heterocycles. The van der Waals surface area contributed by atoms with Crippen LogP contribution < -0.4 is 14.8 Å². The van der Waals surface area contributed by atoms with Gasteiger partial charge in [-0.3, -0.25) is 0 Å². The molecule has 0 spiro atoms. The van der Waals surface area contributed by atoms with Gasteiger partial charge in [-0.25, -0.2) is 4.79 Å². The number of carbonyl (C=O) groups excluding carboxylic acids is 1. The predicted octanol–water partition coefficient (Wildman–Crippen LogP) is 6.04. The van der Waals surface area contributed by atoms with E-state index >= 15 is 0 Å². The minimum atomic E-state index is -0.411. The number of hydrogen-bond acceptors (Lipinski definition) is 7. The van der Waals surface area contributed by atoms with Gasteiger partial charge in [-0.15, -0.1) is 0 Å². The third kappa shape index (κ3) is 8.32. The average Bonchev–Trinajstić information content (AvgIpc) is 3.05. The predicted molar refractivity (Wildman–Crippen MR) is 163 cm³/mol. The van der Waals surface area contributed by atoms with Gasteiger partial charge in [0.1, 0.15) is 11.5 Å². The number of methoxy groups -OCH3 is 1. The first-order chi connectivity index (χ1) is 20.7. The molecule has 0 aromatic heterocycles. The molecular formula is C35H39NO6. The van der Waals surface area contributed by atoms with E-state index in [4.69, 9.17) is 23.7 Å². The molecule has 220 valence electrons. The van der Waals surface area contributed by atoms with Gasteiger partial charge >= 0.3 is 5.97 Å². The highest BCUT2D eigenvalue weighted by Crippen LogP contribution is 2.31. The Morgan fingerprint density at radius 2 is 1.71 bits per heavy atom. The molecule has 0 aliphatic carbocycles. The van der Waals surface area contributed by atoms with E-state index in [0.717, 1.165) is 48.0 Å². The second-order valence-corrected chi connectivity index (χ2v) is 10.4. The van der Waals surface area contributed by atoms with Crippen LogP contribution in [0.15, 0.2) is 91.0 Å². The maximum atomic E-state index is 11.6. The highest BCUT2D eigenvalue weighted by Gasteiger charge is 2.27. The molecule has 1 N–H and O–H groups in total. The molecule has 5 rings (SSSR count). The van der Waals surface area contributed by atoms with E-state index in [1.807, 2.05) is 36.4 Å². The number of fused-ring (bicyclic) bond motifs is 1. The number of carbonyl (C=O) groups is 1. The topological polar surface area (TPSA) is 75.3 Å². The number of esters is 1. The van der Waals surface area contributed by atoms with E-state index in [2.05, 4.69) is 59.9 Å². The zero-order valence-electron chi connectivity index (χ0n) is 24.1. The number of hydrogen-bond donors (Lipinski definition) is 1. The Labute approximate surface area is 247 Å². The van der Waals surface area contributed by atoms with Crippen LogP contribution in [0.3, 0.4) is 0 Å². The van der Waals surface area contributed by atoms with Gasteiger partial charge in [0.05, 0.1) is 39.6 Å². The number of piperidine rings is 1. The molecule has 1 fully saturated rings. The first-order valence-electron chi connectivity index (χ1n) is 14.6. The quantitative estimate of drug-likeness (QED) is 0.147. The lowest BCUT2D eigenvalue weighted by Crippen LogP contribution is -2.40. The van der Waals surface area contributed by atoms with E-state index in [1.54, 1.807) is 0 Å². The highest BCUT2D eigenvalue weighted by molar-refractivity contribution is 5.89. The Morgan fingerprint density at radius 3 is 2.55 bits per heavy atom. The third-order valence-corrected chi connectivity index (χ3v) is 7.49. The van der Waals surface area contributed by atoms with Gasteiger partial charge in [0.15, 0.2) is 6.61 Å². The molecule has 1 heterocycles. The lowest BCUT2D eigenvalue weighted by molar-refractivity contribution is -0.142. The maximum absolute atomic E-state index is 11.6. The number of ether oxygens (including phenoxy) is 5. The molecule has 1 aliphatic heterocycles. The third-order valence-electron chi connectivity index (χ3n) is 7.49. The summed E-state index contributed by atoms with van der Waals surface area (Å²) in [7, 11) is 1.35. The molecule has 0 amide bonds. The smallest absolute Gasteiger partial charge is 0.343 e. The number of rotatable bonds is 14. The number of nitrogens with one attached hydrogen (secondary N) is 1. The Bertz CT molecular complexity index is 1410. The van der Waals surface area contributed by atoms with Gasteiger partial charge < -0.3 is 29.0 Å².